The van der Waals surface area contributed by atoms with Crippen LogP contribution in [0.4, 0.5) is 0 Å². The van der Waals surface area contributed by atoms with Gasteiger partial charge in [-0.05, 0) is 42.4 Å². The lowest BCUT2D eigenvalue weighted by atomic mass is 9.79. The van der Waals surface area contributed by atoms with Gasteiger partial charge < -0.3 is 10.4 Å². The van der Waals surface area contributed by atoms with E-state index in [1.807, 2.05) is 18.2 Å². The van der Waals surface area contributed by atoms with Gasteiger partial charge >= 0.3 is 0 Å². The first-order chi connectivity index (χ1) is 9.31. The monoisotopic (exact) mass is 259 g/mol. The Balaban J connectivity index is 1.75. The molecular weight excluding hydrogens is 234 g/mol. The summed E-state index contributed by atoms with van der Waals surface area (Å²) in [5.41, 5.74) is 2.34. The van der Waals surface area contributed by atoms with Crippen molar-refractivity contribution in [1.29, 1.82) is 0 Å². The molecule has 1 saturated carbocycles. The van der Waals surface area contributed by atoms with Crippen LogP contribution in [-0.4, -0.2) is 24.8 Å². The topological polar surface area (TPSA) is 32.3 Å². The maximum atomic E-state index is 9.40. The standard InChI is InChI=1S/C17H25NO/c1-14(15-7-3-2-4-8-15)11-18-12-16-9-5-6-10-17(16)13-19/h2-4,7-8,16-19H,1,5-6,9-13H2. The summed E-state index contributed by atoms with van der Waals surface area (Å²) in [6.07, 6.45) is 5.01. The number of nitrogens with one attached hydrogen (secondary N) is 1. The van der Waals surface area contributed by atoms with Crippen LogP contribution >= 0.6 is 0 Å². The first-order valence-electron chi connectivity index (χ1n) is 7.36. The second-order valence-electron chi connectivity index (χ2n) is 5.59. The maximum Gasteiger partial charge on any atom is 0.0462 e. The number of hydrogen-bond acceptors (Lipinski definition) is 2. The van der Waals surface area contributed by atoms with Crippen LogP contribution in [0.3, 0.4) is 0 Å². The van der Waals surface area contributed by atoms with Crippen LogP contribution in [0.1, 0.15) is 31.2 Å². The molecule has 0 spiro atoms. The average molecular weight is 259 g/mol. The molecule has 2 heteroatoms. The summed E-state index contributed by atoms with van der Waals surface area (Å²) in [6, 6.07) is 10.3. The van der Waals surface area contributed by atoms with Gasteiger partial charge in [-0.3, -0.25) is 0 Å². The second-order valence-corrected chi connectivity index (χ2v) is 5.59. The Morgan fingerprint density at radius 1 is 1.16 bits per heavy atom. The highest BCUT2D eigenvalue weighted by atomic mass is 16.3. The normalized spacial score (nSPS) is 23.2. The molecule has 0 heterocycles. The van der Waals surface area contributed by atoms with Gasteiger partial charge in [-0.25, -0.2) is 0 Å². The highest BCUT2D eigenvalue weighted by Crippen LogP contribution is 2.29. The zero-order valence-corrected chi connectivity index (χ0v) is 11.6. The molecule has 2 N–H and O–H groups in total. The Kier molecular flexibility index (Phi) is 5.62. The fourth-order valence-electron chi connectivity index (χ4n) is 2.98. The van der Waals surface area contributed by atoms with Crippen molar-refractivity contribution in [3.05, 3.63) is 42.5 Å². The molecule has 0 saturated heterocycles. The molecule has 1 fully saturated rings. The Morgan fingerprint density at radius 2 is 1.84 bits per heavy atom. The first kappa shape index (κ1) is 14.3. The van der Waals surface area contributed by atoms with Gasteiger partial charge in [0.15, 0.2) is 0 Å². The van der Waals surface area contributed by atoms with Crippen molar-refractivity contribution < 1.29 is 5.11 Å². The quantitative estimate of drug-likeness (QED) is 0.823. The minimum atomic E-state index is 0.339. The molecule has 0 bridgehead atoms. The van der Waals surface area contributed by atoms with Crippen LogP contribution in [0.15, 0.2) is 36.9 Å². The number of rotatable bonds is 6. The first-order valence-corrected chi connectivity index (χ1v) is 7.36. The number of benzene rings is 1. The van der Waals surface area contributed by atoms with Crippen LogP contribution < -0.4 is 5.32 Å². The third-order valence-corrected chi connectivity index (χ3v) is 4.23. The van der Waals surface area contributed by atoms with E-state index in [1.165, 1.54) is 31.2 Å². The van der Waals surface area contributed by atoms with Crippen molar-refractivity contribution in [1.82, 2.24) is 5.32 Å². The molecular formula is C17H25NO. The predicted molar refractivity (Wildman–Crippen MR) is 80.9 cm³/mol. The minimum absolute atomic E-state index is 0.339. The van der Waals surface area contributed by atoms with Gasteiger partial charge in [0, 0.05) is 13.2 Å². The summed E-state index contributed by atoms with van der Waals surface area (Å²) in [6.45, 7) is 6.30. The molecule has 1 aliphatic carbocycles. The lowest BCUT2D eigenvalue weighted by Gasteiger charge is -2.30. The molecule has 0 aliphatic heterocycles. The molecule has 1 aliphatic rings. The van der Waals surface area contributed by atoms with Crippen LogP contribution in [0.5, 0.6) is 0 Å². The Morgan fingerprint density at radius 3 is 2.53 bits per heavy atom. The highest BCUT2D eigenvalue weighted by molar-refractivity contribution is 5.64. The SMILES string of the molecule is C=C(CNCC1CCCCC1CO)c1ccccc1. The van der Waals surface area contributed by atoms with Gasteiger partial charge in [-0.2, -0.15) is 0 Å². The molecule has 0 amide bonds. The fourth-order valence-corrected chi connectivity index (χ4v) is 2.98. The van der Waals surface area contributed by atoms with Gasteiger partial charge in [0.05, 0.1) is 0 Å². The van der Waals surface area contributed by atoms with E-state index in [9.17, 15) is 5.11 Å². The Hall–Kier alpha value is -1.12. The van der Waals surface area contributed by atoms with E-state index in [-0.39, 0.29) is 0 Å². The van der Waals surface area contributed by atoms with Crippen LogP contribution in [0.25, 0.3) is 5.57 Å². The third kappa shape index (κ3) is 4.19. The zero-order chi connectivity index (χ0) is 13.5. The van der Waals surface area contributed by atoms with Gasteiger partial charge in [0.2, 0.25) is 0 Å². The summed E-state index contributed by atoms with van der Waals surface area (Å²) in [4.78, 5) is 0. The van der Waals surface area contributed by atoms with Gasteiger partial charge in [0.25, 0.3) is 0 Å². The van der Waals surface area contributed by atoms with Gasteiger partial charge in [-0.15, -0.1) is 0 Å². The molecule has 19 heavy (non-hydrogen) atoms. The van der Waals surface area contributed by atoms with Gasteiger partial charge in [-0.1, -0.05) is 49.8 Å². The van der Waals surface area contributed by atoms with Crippen LogP contribution in [0, 0.1) is 11.8 Å². The van der Waals surface area contributed by atoms with Crippen LogP contribution in [-0.2, 0) is 0 Å². The van der Waals surface area contributed by atoms with Crippen molar-refractivity contribution >= 4 is 5.57 Å². The molecule has 2 nitrogen and oxygen atoms in total. The number of aliphatic hydroxyl groups is 1. The lowest BCUT2D eigenvalue weighted by Crippen LogP contribution is -2.33. The molecule has 2 unspecified atom stereocenters. The Bertz CT molecular complexity index is 388. The summed E-state index contributed by atoms with van der Waals surface area (Å²) in [5, 5.41) is 12.9. The third-order valence-electron chi connectivity index (χ3n) is 4.23. The molecule has 0 aromatic heterocycles. The molecule has 2 rings (SSSR count). The average Bonchev–Trinajstić information content (AvgIpc) is 2.48. The molecule has 104 valence electrons. The van der Waals surface area contributed by atoms with E-state index in [0.29, 0.717) is 18.4 Å². The van der Waals surface area contributed by atoms with Crippen molar-refractivity contribution in [3.63, 3.8) is 0 Å². The minimum Gasteiger partial charge on any atom is -0.396 e. The van der Waals surface area contributed by atoms with E-state index in [1.54, 1.807) is 0 Å². The van der Waals surface area contributed by atoms with Crippen molar-refractivity contribution in [2.45, 2.75) is 25.7 Å². The second kappa shape index (κ2) is 7.46. The van der Waals surface area contributed by atoms with Gasteiger partial charge in [0.1, 0.15) is 0 Å². The maximum absolute atomic E-state index is 9.40. The number of hydrogen-bond donors (Lipinski definition) is 2. The lowest BCUT2D eigenvalue weighted by molar-refractivity contribution is 0.134. The highest BCUT2D eigenvalue weighted by Gasteiger charge is 2.23. The summed E-state index contributed by atoms with van der Waals surface area (Å²) >= 11 is 0. The summed E-state index contributed by atoms with van der Waals surface area (Å²) in [5.74, 6) is 1.12. The Labute approximate surface area is 116 Å². The van der Waals surface area contributed by atoms with E-state index in [0.717, 1.165) is 18.7 Å². The molecule has 1 aromatic carbocycles. The van der Waals surface area contributed by atoms with E-state index in [4.69, 9.17) is 0 Å². The molecule has 2 atom stereocenters. The van der Waals surface area contributed by atoms with E-state index >= 15 is 0 Å². The predicted octanol–water partition coefficient (Wildman–Crippen LogP) is 3.09. The van der Waals surface area contributed by atoms with Crippen molar-refractivity contribution in [2.24, 2.45) is 11.8 Å². The number of aliphatic hydroxyl groups excluding tert-OH is 1. The van der Waals surface area contributed by atoms with E-state index < -0.39 is 0 Å². The summed E-state index contributed by atoms with van der Waals surface area (Å²) < 4.78 is 0. The zero-order valence-electron chi connectivity index (χ0n) is 11.6. The molecule has 1 aromatic rings. The molecule has 0 radical (unpaired) electrons. The van der Waals surface area contributed by atoms with E-state index in [2.05, 4.69) is 24.0 Å². The van der Waals surface area contributed by atoms with Crippen molar-refractivity contribution in [2.75, 3.05) is 19.7 Å². The smallest absolute Gasteiger partial charge is 0.0462 e. The van der Waals surface area contributed by atoms with Crippen molar-refractivity contribution in [3.8, 4) is 0 Å². The summed E-state index contributed by atoms with van der Waals surface area (Å²) in [7, 11) is 0. The fraction of sp³-hybridized carbons (Fsp3) is 0.529. The van der Waals surface area contributed by atoms with Crippen LogP contribution in [0.2, 0.25) is 0 Å². The largest absolute Gasteiger partial charge is 0.396 e.